The number of nitrogen functional groups attached to an aromatic ring is 1. The molecule has 15 heavy (non-hydrogen) atoms. The Labute approximate surface area is 88.1 Å². The third kappa shape index (κ3) is 2.06. The molecule has 0 aliphatic heterocycles. The number of benzene rings is 1. The highest BCUT2D eigenvalue weighted by Gasteiger charge is 1.95. The first-order chi connectivity index (χ1) is 7.29. The number of nitrogens with two attached hydrogens (primary N) is 2. The van der Waals surface area contributed by atoms with Crippen LogP contribution in [0.15, 0.2) is 30.5 Å². The molecule has 0 aliphatic carbocycles. The van der Waals surface area contributed by atoms with Gasteiger partial charge in [-0.15, -0.1) is 0 Å². The molecule has 0 spiro atoms. The zero-order valence-electron chi connectivity index (χ0n) is 8.20. The Bertz CT molecular complexity index is 550. The molecule has 0 aliphatic rings. The van der Waals surface area contributed by atoms with Crippen LogP contribution in [0.25, 0.3) is 10.8 Å². The van der Waals surface area contributed by atoms with Crippen molar-refractivity contribution in [1.29, 1.82) is 0 Å². The fourth-order valence-electron chi connectivity index (χ4n) is 1.39. The number of rotatable bonds is 0. The minimum Gasteiger partial charge on any atom is -0.384 e. The molecule has 1 aromatic heterocycles. The second-order valence-electron chi connectivity index (χ2n) is 3.18. The highest BCUT2D eigenvalue weighted by molar-refractivity contribution is 5.84. The molecule has 4 N–H and O–H groups in total. The van der Waals surface area contributed by atoms with E-state index in [0.29, 0.717) is 12.4 Å². The quantitative estimate of drug-likeness (QED) is 0.622. The number of nitrogens with zero attached hydrogens (tertiary/aromatic N) is 1. The van der Waals surface area contributed by atoms with Crippen molar-refractivity contribution in [3.8, 4) is 11.8 Å². The van der Waals surface area contributed by atoms with Gasteiger partial charge in [-0.1, -0.05) is 17.9 Å². The monoisotopic (exact) mass is 197 g/mol. The van der Waals surface area contributed by atoms with Crippen LogP contribution in [0.4, 0.5) is 5.82 Å². The summed E-state index contributed by atoms with van der Waals surface area (Å²) in [6.45, 7) is 0.372. The molecular formula is C12H11N3. The van der Waals surface area contributed by atoms with E-state index in [9.17, 15) is 0 Å². The number of hydrogen-bond donors (Lipinski definition) is 2. The van der Waals surface area contributed by atoms with Gasteiger partial charge in [0.15, 0.2) is 0 Å². The van der Waals surface area contributed by atoms with E-state index >= 15 is 0 Å². The Morgan fingerprint density at radius 2 is 2.07 bits per heavy atom. The average molecular weight is 197 g/mol. The highest BCUT2D eigenvalue weighted by atomic mass is 14.8. The van der Waals surface area contributed by atoms with Gasteiger partial charge >= 0.3 is 0 Å². The Kier molecular flexibility index (Phi) is 2.53. The Hall–Kier alpha value is -2.05. The van der Waals surface area contributed by atoms with Crippen LogP contribution >= 0.6 is 0 Å². The number of aromatic nitrogens is 1. The zero-order valence-corrected chi connectivity index (χ0v) is 8.20. The molecule has 1 aromatic carbocycles. The lowest BCUT2D eigenvalue weighted by Gasteiger charge is -1.99. The molecule has 2 rings (SSSR count). The molecule has 0 saturated heterocycles. The molecule has 0 unspecified atom stereocenters. The summed E-state index contributed by atoms with van der Waals surface area (Å²) >= 11 is 0. The maximum atomic E-state index is 5.61. The van der Waals surface area contributed by atoms with Crippen LogP contribution in [-0.4, -0.2) is 11.5 Å². The van der Waals surface area contributed by atoms with Gasteiger partial charge < -0.3 is 11.5 Å². The van der Waals surface area contributed by atoms with Crippen molar-refractivity contribution in [3.05, 3.63) is 36.0 Å². The van der Waals surface area contributed by atoms with Gasteiger partial charge in [0, 0.05) is 17.1 Å². The molecule has 0 radical (unpaired) electrons. The third-order valence-electron chi connectivity index (χ3n) is 2.08. The first-order valence-corrected chi connectivity index (χ1v) is 4.64. The Balaban J connectivity index is 2.54. The second-order valence-corrected chi connectivity index (χ2v) is 3.18. The Morgan fingerprint density at radius 3 is 2.87 bits per heavy atom. The zero-order chi connectivity index (χ0) is 10.7. The molecule has 3 nitrogen and oxygen atoms in total. The van der Waals surface area contributed by atoms with E-state index in [0.717, 1.165) is 16.3 Å². The maximum absolute atomic E-state index is 5.61. The molecule has 0 bridgehead atoms. The molecular weight excluding hydrogens is 186 g/mol. The van der Waals surface area contributed by atoms with Gasteiger partial charge in [-0.2, -0.15) is 0 Å². The van der Waals surface area contributed by atoms with Crippen LogP contribution in [-0.2, 0) is 0 Å². The summed E-state index contributed by atoms with van der Waals surface area (Å²) in [6, 6.07) is 7.74. The van der Waals surface area contributed by atoms with E-state index in [1.807, 2.05) is 24.3 Å². The number of fused-ring (bicyclic) bond motifs is 1. The van der Waals surface area contributed by atoms with Crippen LogP contribution < -0.4 is 11.5 Å². The summed E-state index contributed by atoms with van der Waals surface area (Å²) < 4.78 is 0. The Morgan fingerprint density at radius 1 is 1.20 bits per heavy atom. The van der Waals surface area contributed by atoms with Gasteiger partial charge in [-0.25, -0.2) is 4.98 Å². The van der Waals surface area contributed by atoms with Crippen LogP contribution in [0.1, 0.15) is 5.56 Å². The number of anilines is 1. The fourth-order valence-corrected chi connectivity index (χ4v) is 1.39. The SMILES string of the molecule is NCC#Cc1ccc2cnc(N)cc2c1. The number of hydrogen-bond acceptors (Lipinski definition) is 3. The first-order valence-electron chi connectivity index (χ1n) is 4.64. The number of pyridine rings is 1. The van der Waals surface area contributed by atoms with Gasteiger partial charge in [-0.05, 0) is 23.6 Å². The topological polar surface area (TPSA) is 64.9 Å². The minimum absolute atomic E-state index is 0.372. The third-order valence-corrected chi connectivity index (χ3v) is 2.08. The summed E-state index contributed by atoms with van der Waals surface area (Å²) in [5, 5.41) is 2.11. The average Bonchev–Trinajstić information content (AvgIpc) is 2.25. The normalized spacial score (nSPS) is 9.67. The van der Waals surface area contributed by atoms with E-state index < -0.39 is 0 Å². The van der Waals surface area contributed by atoms with Crippen LogP contribution in [0.3, 0.4) is 0 Å². The van der Waals surface area contributed by atoms with E-state index in [2.05, 4.69) is 16.8 Å². The van der Waals surface area contributed by atoms with Crippen LogP contribution in [0.2, 0.25) is 0 Å². The second kappa shape index (κ2) is 3.99. The molecule has 2 aromatic rings. The van der Waals surface area contributed by atoms with Crippen molar-refractivity contribution in [3.63, 3.8) is 0 Å². The predicted octanol–water partition coefficient (Wildman–Crippen LogP) is 1.13. The van der Waals surface area contributed by atoms with Crippen LogP contribution in [0.5, 0.6) is 0 Å². The van der Waals surface area contributed by atoms with Gasteiger partial charge in [0.05, 0.1) is 6.54 Å². The van der Waals surface area contributed by atoms with Gasteiger partial charge in [0.2, 0.25) is 0 Å². The molecule has 0 saturated carbocycles. The van der Waals surface area contributed by atoms with Crippen molar-refractivity contribution < 1.29 is 0 Å². The first kappa shape index (κ1) is 9.50. The fraction of sp³-hybridized carbons (Fsp3) is 0.0833. The smallest absolute Gasteiger partial charge is 0.123 e. The summed E-state index contributed by atoms with van der Waals surface area (Å²) in [7, 11) is 0. The van der Waals surface area contributed by atoms with Gasteiger partial charge in [0.1, 0.15) is 5.82 Å². The van der Waals surface area contributed by atoms with Crippen LogP contribution in [0, 0.1) is 11.8 Å². The highest BCUT2D eigenvalue weighted by Crippen LogP contribution is 2.16. The lowest BCUT2D eigenvalue weighted by molar-refractivity contribution is 1.30. The molecule has 74 valence electrons. The van der Waals surface area contributed by atoms with E-state index in [4.69, 9.17) is 11.5 Å². The maximum Gasteiger partial charge on any atom is 0.123 e. The lowest BCUT2D eigenvalue weighted by Crippen LogP contribution is -1.93. The predicted molar refractivity (Wildman–Crippen MR) is 62.1 cm³/mol. The summed E-state index contributed by atoms with van der Waals surface area (Å²) in [4.78, 5) is 4.02. The standard InChI is InChI=1S/C12H11N3/c13-5-1-2-9-3-4-10-8-15-12(14)7-11(10)6-9/h3-4,6-8H,5,13H2,(H2,14,15). The molecule has 0 fully saturated rings. The van der Waals surface area contributed by atoms with Crippen molar-refractivity contribution in [2.75, 3.05) is 12.3 Å². The molecule has 0 amide bonds. The van der Waals surface area contributed by atoms with Gasteiger partial charge in [0.25, 0.3) is 0 Å². The van der Waals surface area contributed by atoms with E-state index in [-0.39, 0.29) is 0 Å². The van der Waals surface area contributed by atoms with Gasteiger partial charge in [-0.3, -0.25) is 0 Å². The lowest BCUT2D eigenvalue weighted by atomic mass is 10.1. The molecule has 1 heterocycles. The molecule has 3 heteroatoms. The molecule has 0 atom stereocenters. The summed E-state index contributed by atoms with van der Waals surface area (Å²) in [6.07, 6.45) is 1.75. The van der Waals surface area contributed by atoms with E-state index in [1.54, 1.807) is 6.20 Å². The van der Waals surface area contributed by atoms with E-state index in [1.165, 1.54) is 0 Å². The minimum atomic E-state index is 0.372. The van der Waals surface area contributed by atoms with Crippen molar-refractivity contribution >= 4 is 16.6 Å². The summed E-state index contributed by atoms with van der Waals surface area (Å²) in [5.41, 5.74) is 11.9. The van der Waals surface area contributed by atoms with Crippen molar-refractivity contribution in [2.24, 2.45) is 5.73 Å². The largest absolute Gasteiger partial charge is 0.384 e. The van der Waals surface area contributed by atoms with Crippen molar-refractivity contribution in [1.82, 2.24) is 4.98 Å². The summed E-state index contributed by atoms with van der Waals surface area (Å²) in [5.74, 6) is 6.31. The van der Waals surface area contributed by atoms with Crippen molar-refractivity contribution in [2.45, 2.75) is 0 Å².